The standard InChI is InChI=1S/C23H29N3O/c1-5-14-26(15-6-1)18-19-9-8-10-20(17-19)27-16-7-4-13-23-24-21-11-2-3-12-22(21)25-23/h2-3,8-12,17H,1,4-7,13-16,18H2,(H,24,25). The molecule has 4 nitrogen and oxygen atoms in total. The predicted octanol–water partition coefficient (Wildman–Crippen LogP) is 4.95. The summed E-state index contributed by atoms with van der Waals surface area (Å²) in [4.78, 5) is 10.6. The molecule has 0 unspecified atom stereocenters. The molecule has 0 saturated carbocycles. The van der Waals surface area contributed by atoms with Crippen molar-refractivity contribution >= 4 is 11.0 Å². The number of aromatic nitrogens is 2. The van der Waals surface area contributed by atoms with Crippen molar-refractivity contribution in [2.45, 2.75) is 45.1 Å². The molecule has 2 aromatic carbocycles. The van der Waals surface area contributed by atoms with Crippen LogP contribution >= 0.6 is 0 Å². The number of nitrogens with one attached hydrogen (secondary N) is 1. The molecule has 0 spiro atoms. The minimum absolute atomic E-state index is 0.757. The van der Waals surface area contributed by atoms with Crippen LogP contribution in [0.25, 0.3) is 11.0 Å². The molecule has 1 saturated heterocycles. The topological polar surface area (TPSA) is 41.1 Å². The highest BCUT2D eigenvalue weighted by molar-refractivity contribution is 5.74. The molecule has 27 heavy (non-hydrogen) atoms. The second-order valence-electron chi connectivity index (χ2n) is 7.49. The Morgan fingerprint density at radius 2 is 1.85 bits per heavy atom. The molecule has 2 heterocycles. The second kappa shape index (κ2) is 9.05. The third kappa shape index (κ3) is 5.10. The van der Waals surface area contributed by atoms with Crippen LogP contribution in [0, 0.1) is 0 Å². The number of fused-ring (bicyclic) bond motifs is 1. The molecule has 4 heteroatoms. The van der Waals surface area contributed by atoms with Gasteiger partial charge in [-0.3, -0.25) is 4.90 Å². The third-order valence-electron chi connectivity index (χ3n) is 5.27. The third-order valence-corrected chi connectivity index (χ3v) is 5.27. The number of benzene rings is 2. The van der Waals surface area contributed by atoms with Crippen molar-refractivity contribution in [3.05, 3.63) is 59.9 Å². The Hall–Kier alpha value is -2.33. The van der Waals surface area contributed by atoms with Gasteiger partial charge in [0.25, 0.3) is 0 Å². The fourth-order valence-corrected chi connectivity index (χ4v) is 3.82. The summed E-state index contributed by atoms with van der Waals surface area (Å²) in [6, 6.07) is 16.8. The van der Waals surface area contributed by atoms with E-state index in [0.717, 1.165) is 55.0 Å². The number of imidazole rings is 1. The van der Waals surface area contributed by atoms with E-state index in [1.165, 1.54) is 37.9 Å². The summed E-state index contributed by atoms with van der Waals surface area (Å²) in [5.74, 6) is 2.06. The molecule has 0 bridgehead atoms. The fraction of sp³-hybridized carbons (Fsp3) is 0.435. The van der Waals surface area contributed by atoms with Crippen LogP contribution in [0.2, 0.25) is 0 Å². The van der Waals surface area contributed by atoms with Crippen molar-refractivity contribution in [3.8, 4) is 5.75 Å². The van der Waals surface area contributed by atoms with E-state index >= 15 is 0 Å². The Labute approximate surface area is 161 Å². The van der Waals surface area contributed by atoms with Gasteiger partial charge in [-0.15, -0.1) is 0 Å². The molecule has 0 radical (unpaired) electrons. The van der Waals surface area contributed by atoms with Gasteiger partial charge in [0.15, 0.2) is 0 Å². The van der Waals surface area contributed by atoms with Crippen molar-refractivity contribution in [3.63, 3.8) is 0 Å². The van der Waals surface area contributed by atoms with Crippen LogP contribution in [-0.4, -0.2) is 34.6 Å². The molecule has 1 aliphatic rings. The largest absolute Gasteiger partial charge is 0.494 e. The van der Waals surface area contributed by atoms with Crippen molar-refractivity contribution in [1.82, 2.24) is 14.9 Å². The Kier molecular flexibility index (Phi) is 6.05. The number of rotatable bonds is 8. The summed E-state index contributed by atoms with van der Waals surface area (Å²) >= 11 is 0. The lowest BCUT2D eigenvalue weighted by Crippen LogP contribution is -2.29. The smallest absolute Gasteiger partial charge is 0.119 e. The van der Waals surface area contributed by atoms with Gasteiger partial charge in [0.2, 0.25) is 0 Å². The van der Waals surface area contributed by atoms with Gasteiger partial charge in [-0.25, -0.2) is 4.98 Å². The van der Waals surface area contributed by atoms with Gasteiger partial charge < -0.3 is 9.72 Å². The molecule has 0 aliphatic carbocycles. The van der Waals surface area contributed by atoms with E-state index in [0.29, 0.717) is 0 Å². The van der Waals surface area contributed by atoms with Crippen LogP contribution in [-0.2, 0) is 13.0 Å². The quantitative estimate of drug-likeness (QED) is 0.576. The zero-order valence-corrected chi connectivity index (χ0v) is 16.0. The van der Waals surface area contributed by atoms with Crippen LogP contribution in [0.4, 0.5) is 0 Å². The van der Waals surface area contributed by atoms with Crippen LogP contribution in [0.1, 0.15) is 43.5 Å². The maximum atomic E-state index is 5.98. The first-order valence-electron chi connectivity index (χ1n) is 10.2. The van der Waals surface area contributed by atoms with Gasteiger partial charge in [0.1, 0.15) is 11.6 Å². The van der Waals surface area contributed by atoms with E-state index in [2.05, 4.69) is 51.3 Å². The molecule has 1 aromatic heterocycles. The number of H-pyrrole nitrogens is 1. The second-order valence-corrected chi connectivity index (χ2v) is 7.49. The van der Waals surface area contributed by atoms with E-state index in [9.17, 15) is 0 Å². The number of unbranched alkanes of at least 4 members (excludes halogenated alkanes) is 1. The minimum Gasteiger partial charge on any atom is -0.494 e. The first-order chi connectivity index (χ1) is 13.4. The van der Waals surface area contributed by atoms with Crippen LogP contribution < -0.4 is 4.74 Å². The summed E-state index contributed by atoms with van der Waals surface area (Å²) in [5.41, 5.74) is 3.53. The zero-order chi connectivity index (χ0) is 18.3. The minimum atomic E-state index is 0.757. The normalized spacial score (nSPS) is 15.3. The van der Waals surface area contributed by atoms with Crippen molar-refractivity contribution in [1.29, 1.82) is 0 Å². The highest BCUT2D eigenvalue weighted by atomic mass is 16.5. The number of aryl methyl sites for hydroxylation is 1. The lowest BCUT2D eigenvalue weighted by molar-refractivity contribution is 0.220. The molecular formula is C23H29N3O. The Morgan fingerprint density at radius 3 is 2.74 bits per heavy atom. The van der Waals surface area contributed by atoms with E-state index < -0.39 is 0 Å². The number of ether oxygens (including phenoxy) is 1. The monoisotopic (exact) mass is 363 g/mol. The molecule has 4 rings (SSSR count). The predicted molar refractivity (Wildman–Crippen MR) is 110 cm³/mol. The Morgan fingerprint density at radius 1 is 0.963 bits per heavy atom. The fourth-order valence-electron chi connectivity index (χ4n) is 3.82. The number of hydrogen-bond donors (Lipinski definition) is 1. The first-order valence-corrected chi connectivity index (χ1v) is 10.2. The van der Waals surface area contributed by atoms with Gasteiger partial charge in [0.05, 0.1) is 17.6 Å². The summed E-state index contributed by atoms with van der Waals surface area (Å²) in [6.07, 6.45) is 7.13. The van der Waals surface area contributed by atoms with E-state index in [4.69, 9.17) is 4.74 Å². The van der Waals surface area contributed by atoms with Crippen molar-refractivity contribution in [2.24, 2.45) is 0 Å². The Balaban J connectivity index is 1.20. The highest BCUT2D eigenvalue weighted by Crippen LogP contribution is 2.18. The SMILES string of the molecule is c1cc(CN2CCCCC2)cc(OCCCCc2nc3ccccc3[nH]2)c1. The maximum absolute atomic E-state index is 5.98. The van der Waals surface area contributed by atoms with Gasteiger partial charge in [-0.2, -0.15) is 0 Å². The molecule has 3 aromatic rings. The summed E-state index contributed by atoms with van der Waals surface area (Å²) < 4.78 is 5.98. The lowest BCUT2D eigenvalue weighted by Gasteiger charge is -2.26. The van der Waals surface area contributed by atoms with Gasteiger partial charge in [-0.05, 0) is 68.6 Å². The average Bonchev–Trinajstić information content (AvgIpc) is 3.12. The number of nitrogens with zero attached hydrogens (tertiary/aromatic N) is 2. The van der Waals surface area contributed by atoms with Gasteiger partial charge in [0, 0.05) is 13.0 Å². The summed E-state index contributed by atoms with van der Waals surface area (Å²) in [6.45, 7) is 4.26. The van der Waals surface area contributed by atoms with Crippen molar-refractivity contribution in [2.75, 3.05) is 19.7 Å². The van der Waals surface area contributed by atoms with E-state index in [-0.39, 0.29) is 0 Å². The van der Waals surface area contributed by atoms with Crippen LogP contribution in [0.15, 0.2) is 48.5 Å². The van der Waals surface area contributed by atoms with Gasteiger partial charge >= 0.3 is 0 Å². The van der Waals surface area contributed by atoms with Gasteiger partial charge in [-0.1, -0.05) is 30.7 Å². The molecule has 1 aliphatic heterocycles. The number of aromatic amines is 1. The molecular weight excluding hydrogens is 334 g/mol. The number of piperidine rings is 1. The number of para-hydroxylation sites is 2. The summed E-state index contributed by atoms with van der Waals surface area (Å²) in [7, 11) is 0. The lowest BCUT2D eigenvalue weighted by atomic mass is 10.1. The Bertz CT molecular complexity index is 818. The maximum Gasteiger partial charge on any atom is 0.119 e. The molecule has 0 atom stereocenters. The van der Waals surface area contributed by atoms with Crippen LogP contribution in [0.3, 0.4) is 0 Å². The van der Waals surface area contributed by atoms with E-state index in [1.54, 1.807) is 0 Å². The number of hydrogen-bond acceptors (Lipinski definition) is 3. The first kappa shape index (κ1) is 18.1. The number of likely N-dealkylation sites (tertiary alicyclic amines) is 1. The molecule has 142 valence electrons. The molecule has 1 N–H and O–H groups in total. The molecule has 0 amide bonds. The van der Waals surface area contributed by atoms with E-state index in [1.807, 2.05) is 12.1 Å². The zero-order valence-electron chi connectivity index (χ0n) is 16.0. The molecule has 1 fully saturated rings. The highest BCUT2D eigenvalue weighted by Gasteiger charge is 2.10. The van der Waals surface area contributed by atoms with Crippen LogP contribution in [0.5, 0.6) is 5.75 Å². The summed E-state index contributed by atoms with van der Waals surface area (Å²) in [5, 5.41) is 0. The average molecular weight is 364 g/mol. The van der Waals surface area contributed by atoms with Crippen molar-refractivity contribution < 1.29 is 4.74 Å².